The smallest absolute Gasteiger partial charge is 0.225 e. The summed E-state index contributed by atoms with van der Waals surface area (Å²) in [6.07, 6.45) is 2.56. The zero-order chi connectivity index (χ0) is 18.7. The summed E-state index contributed by atoms with van der Waals surface area (Å²) in [5.74, 6) is -0.653. The summed E-state index contributed by atoms with van der Waals surface area (Å²) in [5.41, 5.74) is 0.542. The van der Waals surface area contributed by atoms with Crippen LogP contribution in [0.1, 0.15) is 44.7 Å². The highest BCUT2D eigenvalue weighted by Crippen LogP contribution is 2.28. The average Bonchev–Trinajstić information content (AvgIpc) is 2.64. The average molecular weight is 365 g/mol. The van der Waals surface area contributed by atoms with Crippen molar-refractivity contribution in [3.8, 4) is 0 Å². The van der Waals surface area contributed by atoms with Crippen molar-refractivity contribution in [2.75, 3.05) is 32.7 Å². The van der Waals surface area contributed by atoms with Gasteiger partial charge in [-0.25, -0.2) is 8.78 Å². The van der Waals surface area contributed by atoms with E-state index in [9.17, 15) is 13.6 Å². The van der Waals surface area contributed by atoms with Crippen molar-refractivity contribution in [3.05, 3.63) is 35.4 Å². The van der Waals surface area contributed by atoms with Crippen LogP contribution in [0.5, 0.6) is 0 Å². The lowest BCUT2D eigenvalue weighted by Gasteiger charge is -2.41. The molecule has 2 aliphatic heterocycles. The van der Waals surface area contributed by atoms with Crippen molar-refractivity contribution in [1.29, 1.82) is 0 Å². The van der Waals surface area contributed by atoms with Crippen molar-refractivity contribution in [1.82, 2.24) is 15.1 Å². The number of nitrogens with zero attached hydrogens (tertiary/aromatic N) is 2. The number of carbonyl (C=O) groups excluding carboxylic acids is 1. The molecule has 2 saturated heterocycles. The number of piperidine rings is 1. The van der Waals surface area contributed by atoms with Gasteiger partial charge in [-0.1, -0.05) is 13.0 Å². The van der Waals surface area contributed by atoms with Crippen LogP contribution in [0.3, 0.4) is 0 Å². The first-order valence-corrected chi connectivity index (χ1v) is 9.70. The van der Waals surface area contributed by atoms with E-state index < -0.39 is 11.6 Å². The first-order valence-electron chi connectivity index (χ1n) is 9.70. The van der Waals surface area contributed by atoms with E-state index in [-0.39, 0.29) is 17.9 Å². The first kappa shape index (κ1) is 19.2. The summed E-state index contributed by atoms with van der Waals surface area (Å²) >= 11 is 0. The molecule has 1 N–H and O–H groups in total. The van der Waals surface area contributed by atoms with Gasteiger partial charge in [0, 0.05) is 55.8 Å². The van der Waals surface area contributed by atoms with Crippen LogP contribution in [0.25, 0.3) is 0 Å². The monoisotopic (exact) mass is 365 g/mol. The highest BCUT2D eigenvalue weighted by atomic mass is 19.1. The van der Waals surface area contributed by atoms with E-state index in [0.717, 1.165) is 45.0 Å². The Morgan fingerprint density at radius 1 is 1.27 bits per heavy atom. The third kappa shape index (κ3) is 4.23. The topological polar surface area (TPSA) is 35.6 Å². The Bertz CT molecular complexity index is 631. The van der Waals surface area contributed by atoms with Crippen molar-refractivity contribution >= 4 is 5.91 Å². The van der Waals surface area contributed by atoms with E-state index in [1.165, 1.54) is 6.07 Å². The molecule has 1 aromatic rings. The van der Waals surface area contributed by atoms with Crippen molar-refractivity contribution in [2.24, 2.45) is 5.92 Å². The first-order chi connectivity index (χ1) is 12.5. The Kier molecular flexibility index (Phi) is 6.24. The number of nitrogens with one attached hydrogen (secondary N) is 1. The molecule has 0 saturated carbocycles. The minimum atomic E-state index is -0.548. The van der Waals surface area contributed by atoms with Gasteiger partial charge in [0.1, 0.15) is 11.6 Å². The van der Waals surface area contributed by atoms with Crippen LogP contribution in [0, 0.1) is 17.6 Å². The Morgan fingerprint density at radius 2 is 2.00 bits per heavy atom. The number of hydrogen-bond acceptors (Lipinski definition) is 3. The van der Waals surface area contributed by atoms with Crippen molar-refractivity contribution in [3.63, 3.8) is 0 Å². The lowest BCUT2D eigenvalue weighted by atomic mass is 9.91. The van der Waals surface area contributed by atoms with Gasteiger partial charge in [-0.15, -0.1) is 0 Å². The fraction of sp³-hybridized carbons (Fsp3) is 0.650. The van der Waals surface area contributed by atoms with Gasteiger partial charge in [-0.2, -0.15) is 0 Å². The standard InChI is InChI=1S/C20H29F2N3O/c1-3-19(17-5-4-16(21)13-18(17)22)24-8-10-25(11-9-24)20(26)15-6-7-23-14(2)12-15/h4-5,13-15,19,23H,3,6-12H2,1-2H3/t14-,15-,19?/m0/s1. The molecule has 6 heteroatoms. The number of amides is 1. The van der Waals surface area contributed by atoms with E-state index in [4.69, 9.17) is 0 Å². The van der Waals surface area contributed by atoms with Crippen LogP contribution in [-0.2, 0) is 4.79 Å². The summed E-state index contributed by atoms with van der Waals surface area (Å²) in [7, 11) is 0. The molecule has 0 radical (unpaired) electrons. The minimum absolute atomic E-state index is 0.0771. The summed E-state index contributed by atoms with van der Waals surface area (Å²) in [5, 5.41) is 3.39. The maximum absolute atomic E-state index is 14.2. The molecule has 1 amide bonds. The molecule has 144 valence electrons. The van der Waals surface area contributed by atoms with Gasteiger partial charge in [0.15, 0.2) is 0 Å². The molecule has 26 heavy (non-hydrogen) atoms. The van der Waals surface area contributed by atoms with Crippen LogP contribution >= 0.6 is 0 Å². The number of hydrogen-bond donors (Lipinski definition) is 1. The van der Waals surface area contributed by atoms with Crippen LogP contribution in [0.15, 0.2) is 18.2 Å². The SMILES string of the molecule is CCC(c1ccc(F)cc1F)N1CCN(C(=O)[C@H]2CCN[C@@H](C)C2)CC1. The third-order valence-electron chi connectivity index (χ3n) is 5.75. The molecule has 0 aromatic heterocycles. The van der Waals surface area contributed by atoms with Crippen LogP contribution in [-0.4, -0.2) is 54.5 Å². The second-order valence-electron chi connectivity index (χ2n) is 7.53. The molecule has 1 unspecified atom stereocenters. The predicted molar refractivity (Wildman–Crippen MR) is 97.7 cm³/mol. The molecule has 1 aromatic carbocycles. The van der Waals surface area contributed by atoms with Gasteiger partial charge in [-0.3, -0.25) is 9.69 Å². The van der Waals surface area contributed by atoms with E-state index in [1.54, 1.807) is 6.07 Å². The number of piperazine rings is 1. The van der Waals surface area contributed by atoms with Gasteiger partial charge < -0.3 is 10.2 Å². The molecule has 2 fully saturated rings. The number of carbonyl (C=O) groups is 1. The van der Waals surface area contributed by atoms with E-state index in [0.29, 0.717) is 24.7 Å². The Labute approximate surface area is 154 Å². The third-order valence-corrected chi connectivity index (χ3v) is 5.75. The van der Waals surface area contributed by atoms with E-state index in [2.05, 4.69) is 17.1 Å². The number of benzene rings is 1. The lowest BCUT2D eigenvalue weighted by molar-refractivity contribution is -0.138. The Balaban J connectivity index is 1.60. The second kappa shape index (κ2) is 8.44. The molecule has 0 bridgehead atoms. The molecular weight excluding hydrogens is 336 g/mol. The van der Waals surface area contributed by atoms with Crippen LogP contribution < -0.4 is 5.32 Å². The highest BCUT2D eigenvalue weighted by Gasteiger charge is 2.32. The lowest BCUT2D eigenvalue weighted by Crippen LogP contribution is -2.52. The van der Waals surface area contributed by atoms with Crippen LogP contribution in [0.2, 0.25) is 0 Å². The largest absolute Gasteiger partial charge is 0.340 e. The molecule has 2 heterocycles. The Hall–Kier alpha value is -1.53. The Morgan fingerprint density at radius 3 is 2.62 bits per heavy atom. The highest BCUT2D eigenvalue weighted by molar-refractivity contribution is 5.79. The van der Waals surface area contributed by atoms with E-state index >= 15 is 0 Å². The van der Waals surface area contributed by atoms with Gasteiger partial charge in [0.05, 0.1) is 0 Å². The van der Waals surface area contributed by atoms with Gasteiger partial charge >= 0.3 is 0 Å². The van der Waals surface area contributed by atoms with Gasteiger partial charge in [-0.05, 0) is 38.8 Å². The normalized spacial score (nSPS) is 25.9. The molecule has 3 rings (SSSR count). The summed E-state index contributed by atoms with van der Waals surface area (Å²) in [6, 6.07) is 4.14. The molecule has 3 atom stereocenters. The molecule has 2 aliphatic rings. The molecular formula is C20H29F2N3O. The van der Waals surface area contributed by atoms with Crippen molar-refractivity contribution in [2.45, 2.75) is 45.2 Å². The van der Waals surface area contributed by atoms with E-state index in [1.807, 2.05) is 11.8 Å². The maximum atomic E-state index is 14.2. The summed E-state index contributed by atoms with van der Waals surface area (Å²) in [6.45, 7) is 7.84. The van der Waals surface area contributed by atoms with Crippen molar-refractivity contribution < 1.29 is 13.6 Å². The summed E-state index contributed by atoms with van der Waals surface area (Å²) < 4.78 is 27.4. The fourth-order valence-electron chi connectivity index (χ4n) is 4.31. The second-order valence-corrected chi connectivity index (χ2v) is 7.53. The fourth-order valence-corrected chi connectivity index (χ4v) is 4.31. The quantitative estimate of drug-likeness (QED) is 0.891. The molecule has 4 nitrogen and oxygen atoms in total. The van der Waals surface area contributed by atoms with Crippen LogP contribution in [0.4, 0.5) is 8.78 Å². The predicted octanol–water partition coefficient (Wildman–Crippen LogP) is 2.95. The maximum Gasteiger partial charge on any atom is 0.225 e. The van der Waals surface area contributed by atoms with Gasteiger partial charge in [0.2, 0.25) is 5.91 Å². The zero-order valence-corrected chi connectivity index (χ0v) is 15.7. The summed E-state index contributed by atoms with van der Waals surface area (Å²) in [4.78, 5) is 17.0. The number of halogens is 2. The molecule has 0 spiro atoms. The molecule has 0 aliphatic carbocycles. The van der Waals surface area contributed by atoms with Gasteiger partial charge in [0.25, 0.3) is 0 Å². The minimum Gasteiger partial charge on any atom is -0.340 e. The zero-order valence-electron chi connectivity index (χ0n) is 15.7. The number of rotatable bonds is 4.